The number of nitrogens with one attached hydrogen (secondary N) is 1. The number of H-pyrrole nitrogens is 1. The minimum Gasteiger partial charge on any atom is -0.445 e. The second kappa shape index (κ2) is 9.95. The van der Waals surface area contributed by atoms with Gasteiger partial charge in [-0.1, -0.05) is 48.5 Å². The van der Waals surface area contributed by atoms with Crippen molar-refractivity contribution in [2.24, 2.45) is 5.92 Å². The van der Waals surface area contributed by atoms with Gasteiger partial charge < -0.3 is 29.2 Å². The van der Waals surface area contributed by atoms with Gasteiger partial charge in [-0.2, -0.15) is 0 Å². The zero-order valence-electron chi connectivity index (χ0n) is 18.6. The molecule has 2 aliphatic heterocycles. The highest BCUT2D eigenvalue weighted by atomic mass is 16.7. The lowest BCUT2D eigenvalue weighted by molar-refractivity contribution is -0.0979. The van der Waals surface area contributed by atoms with Crippen LogP contribution in [0.25, 0.3) is 10.9 Å². The summed E-state index contributed by atoms with van der Waals surface area (Å²) in [5.41, 5.74) is 3.81. The Morgan fingerprint density at radius 1 is 1.06 bits per heavy atom. The van der Waals surface area contributed by atoms with Gasteiger partial charge in [0.25, 0.3) is 0 Å². The number of para-hydroxylation sites is 1. The first kappa shape index (κ1) is 21.9. The van der Waals surface area contributed by atoms with Gasteiger partial charge in [-0.15, -0.1) is 0 Å². The van der Waals surface area contributed by atoms with Crippen LogP contribution in [0.3, 0.4) is 0 Å². The minimum atomic E-state index is -0.651. The van der Waals surface area contributed by atoms with Crippen LogP contribution in [0.4, 0.5) is 4.79 Å². The average Bonchev–Trinajstić information content (AvgIpc) is 3.51. The summed E-state index contributed by atoms with van der Waals surface area (Å²) in [6.07, 6.45) is 0.455. The zero-order chi connectivity index (χ0) is 22.6. The van der Waals surface area contributed by atoms with E-state index in [1.807, 2.05) is 48.5 Å². The molecule has 7 heteroatoms. The number of aliphatic hydroxyl groups excluding tert-OH is 1. The predicted octanol–water partition coefficient (Wildman–Crippen LogP) is 4.17. The Morgan fingerprint density at radius 3 is 2.64 bits per heavy atom. The molecule has 0 saturated carbocycles. The van der Waals surface area contributed by atoms with Crippen molar-refractivity contribution in [3.05, 3.63) is 71.4 Å². The number of hydrogen-bond acceptors (Lipinski definition) is 5. The number of aliphatic hydroxyl groups is 1. The fraction of sp³-hybridized carbons (Fsp3) is 0.423. The van der Waals surface area contributed by atoms with Crippen LogP contribution >= 0.6 is 0 Å². The molecule has 0 spiro atoms. The van der Waals surface area contributed by atoms with Crippen molar-refractivity contribution in [2.75, 3.05) is 26.3 Å². The van der Waals surface area contributed by atoms with Gasteiger partial charge in [0.05, 0.1) is 19.3 Å². The molecule has 174 valence electrons. The Hall–Kier alpha value is -2.87. The van der Waals surface area contributed by atoms with Gasteiger partial charge in [0, 0.05) is 35.6 Å². The van der Waals surface area contributed by atoms with Crippen LogP contribution in [0.2, 0.25) is 0 Å². The average molecular weight is 451 g/mol. The molecule has 2 aromatic carbocycles. The maximum Gasteiger partial charge on any atom is 0.410 e. The van der Waals surface area contributed by atoms with Gasteiger partial charge in [0.2, 0.25) is 0 Å². The van der Waals surface area contributed by atoms with E-state index >= 15 is 0 Å². The maximum absolute atomic E-state index is 13.0. The summed E-state index contributed by atoms with van der Waals surface area (Å²) >= 11 is 0. The van der Waals surface area contributed by atoms with Crippen LogP contribution in [-0.2, 0) is 27.2 Å². The normalized spacial score (nSPS) is 22.3. The van der Waals surface area contributed by atoms with E-state index in [0.717, 1.165) is 27.7 Å². The van der Waals surface area contributed by atoms with Crippen LogP contribution in [0.5, 0.6) is 0 Å². The number of amides is 1. The number of carbonyl (C=O) groups excluding carboxylic acids is 1. The minimum absolute atomic E-state index is 0.0377. The Morgan fingerprint density at radius 2 is 1.82 bits per heavy atom. The predicted molar refractivity (Wildman–Crippen MR) is 124 cm³/mol. The molecule has 1 amide bonds. The highest BCUT2D eigenvalue weighted by molar-refractivity contribution is 5.85. The summed E-state index contributed by atoms with van der Waals surface area (Å²) in [7, 11) is 0. The van der Waals surface area contributed by atoms with Gasteiger partial charge in [-0.25, -0.2) is 4.79 Å². The van der Waals surface area contributed by atoms with Crippen LogP contribution in [0.15, 0.2) is 54.6 Å². The highest BCUT2D eigenvalue weighted by Crippen LogP contribution is 2.34. The van der Waals surface area contributed by atoms with Crippen molar-refractivity contribution in [1.29, 1.82) is 0 Å². The lowest BCUT2D eigenvalue weighted by Gasteiger charge is -2.30. The van der Waals surface area contributed by atoms with Crippen molar-refractivity contribution in [2.45, 2.75) is 38.3 Å². The molecular formula is C26H30N2O5. The summed E-state index contributed by atoms with van der Waals surface area (Å²) in [6.45, 7) is 2.38. The van der Waals surface area contributed by atoms with Crippen molar-refractivity contribution < 1.29 is 24.1 Å². The van der Waals surface area contributed by atoms with Crippen LogP contribution in [-0.4, -0.2) is 53.7 Å². The fourth-order valence-corrected chi connectivity index (χ4v) is 4.87. The Kier molecular flexibility index (Phi) is 6.62. The molecule has 3 aromatic rings. The molecule has 0 bridgehead atoms. The van der Waals surface area contributed by atoms with E-state index in [9.17, 15) is 9.90 Å². The highest BCUT2D eigenvalue weighted by Gasteiger charge is 2.33. The van der Waals surface area contributed by atoms with Crippen LogP contribution < -0.4 is 0 Å². The second-order valence-corrected chi connectivity index (χ2v) is 8.75. The molecule has 2 atom stereocenters. The van der Waals surface area contributed by atoms with Gasteiger partial charge in [0.15, 0.2) is 6.29 Å². The van der Waals surface area contributed by atoms with Crippen molar-refractivity contribution in [3.63, 3.8) is 0 Å². The molecule has 0 radical (unpaired) electrons. The summed E-state index contributed by atoms with van der Waals surface area (Å²) in [4.78, 5) is 18.2. The number of aromatic amines is 1. The van der Waals surface area contributed by atoms with E-state index in [1.165, 1.54) is 0 Å². The van der Waals surface area contributed by atoms with Crippen molar-refractivity contribution >= 4 is 17.0 Å². The SMILES string of the molecule is O=C(OCc1ccccc1)N1CCc2c([nH]c3ccccc23)[C@H](O)C[C@H](C2OCCO2)CC1. The third-order valence-corrected chi connectivity index (χ3v) is 6.60. The molecule has 1 saturated heterocycles. The van der Waals surface area contributed by atoms with Gasteiger partial charge in [0.1, 0.15) is 6.61 Å². The lowest BCUT2D eigenvalue weighted by Crippen LogP contribution is -2.37. The van der Waals surface area contributed by atoms with Gasteiger partial charge in [-0.05, 0) is 36.5 Å². The number of aromatic nitrogens is 1. The molecule has 33 heavy (non-hydrogen) atoms. The van der Waals surface area contributed by atoms with E-state index in [4.69, 9.17) is 14.2 Å². The van der Waals surface area contributed by atoms with Gasteiger partial charge in [-0.3, -0.25) is 0 Å². The number of nitrogens with zero attached hydrogens (tertiary/aromatic N) is 1. The first-order chi connectivity index (χ1) is 16.2. The van der Waals surface area contributed by atoms with Crippen molar-refractivity contribution in [1.82, 2.24) is 9.88 Å². The van der Waals surface area contributed by atoms with Gasteiger partial charge >= 0.3 is 6.09 Å². The molecular weight excluding hydrogens is 420 g/mol. The molecule has 0 aliphatic carbocycles. The van der Waals surface area contributed by atoms with Crippen LogP contribution in [0, 0.1) is 5.92 Å². The maximum atomic E-state index is 13.0. The monoisotopic (exact) mass is 450 g/mol. The Bertz CT molecular complexity index is 1080. The van der Waals surface area contributed by atoms with Crippen molar-refractivity contribution in [3.8, 4) is 0 Å². The fourth-order valence-electron chi connectivity index (χ4n) is 4.87. The number of ether oxygens (including phenoxy) is 3. The number of benzene rings is 2. The summed E-state index contributed by atoms with van der Waals surface area (Å²) in [5.74, 6) is -0.0377. The third-order valence-electron chi connectivity index (χ3n) is 6.60. The summed E-state index contributed by atoms with van der Waals surface area (Å²) in [6, 6.07) is 17.7. The topological polar surface area (TPSA) is 84.0 Å². The number of rotatable bonds is 3. The zero-order valence-corrected chi connectivity index (χ0v) is 18.6. The molecule has 3 heterocycles. The van der Waals surface area contributed by atoms with E-state index in [-0.39, 0.29) is 24.9 Å². The summed E-state index contributed by atoms with van der Waals surface area (Å²) < 4.78 is 17.2. The Labute approximate surface area is 193 Å². The first-order valence-corrected chi connectivity index (χ1v) is 11.7. The van der Waals surface area contributed by atoms with E-state index in [2.05, 4.69) is 11.1 Å². The van der Waals surface area contributed by atoms with E-state index in [1.54, 1.807) is 4.90 Å². The number of fused-ring (bicyclic) bond motifs is 3. The number of carbonyl (C=O) groups is 1. The molecule has 1 aromatic heterocycles. The molecule has 2 aliphatic rings. The molecule has 2 N–H and O–H groups in total. The quantitative estimate of drug-likeness (QED) is 0.626. The smallest absolute Gasteiger partial charge is 0.410 e. The standard InChI is InChI=1S/C26H30N2O5/c29-23-16-19(25-31-14-15-32-25)10-12-28(26(30)33-17-18-6-2-1-3-7-18)13-11-21-20-8-4-5-9-22(20)27-24(21)23/h1-9,19,23,25,27,29H,10-17H2/t19-,23-/m1/s1. The van der Waals surface area contributed by atoms with E-state index < -0.39 is 6.10 Å². The second-order valence-electron chi connectivity index (χ2n) is 8.75. The molecule has 0 unspecified atom stereocenters. The van der Waals surface area contributed by atoms with E-state index in [0.29, 0.717) is 45.6 Å². The largest absolute Gasteiger partial charge is 0.445 e. The summed E-state index contributed by atoms with van der Waals surface area (Å²) in [5, 5.41) is 12.2. The third kappa shape index (κ3) is 4.90. The number of hydrogen-bond donors (Lipinski definition) is 2. The molecule has 1 fully saturated rings. The first-order valence-electron chi connectivity index (χ1n) is 11.7. The molecule has 5 rings (SSSR count). The Balaban J connectivity index is 1.40. The molecule has 7 nitrogen and oxygen atoms in total. The van der Waals surface area contributed by atoms with Crippen LogP contribution in [0.1, 0.15) is 35.8 Å². The lowest BCUT2D eigenvalue weighted by atomic mass is 9.92.